The van der Waals surface area contributed by atoms with Gasteiger partial charge in [0.2, 0.25) is 0 Å². The van der Waals surface area contributed by atoms with Crippen molar-refractivity contribution in [2.24, 2.45) is 23.7 Å². The zero-order valence-corrected chi connectivity index (χ0v) is 8.17. The Labute approximate surface area is 89.9 Å². The Morgan fingerprint density at radius 1 is 0.875 bits per heavy atom. The maximum absolute atomic E-state index is 11.5. The first-order chi connectivity index (χ1) is 7.58. The highest BCUT2D eigenvalue weighted by molar-refractivity contribution is 5.99. The number of carbonyl (C=O) groups excluding carboxylic acids is 4. The van der Waals surface area contributed by atoms with E-state index in [1.54, 1.807) is 0 Å². The number of fused-ring (bicyclic) bond motifs is 5. The summed E-state index contributed by atoms with van der Waals surface area (Å²) in [5.74, 6) is -4.83. The van der Waals surface area contributed by atoms with Crippen molar-refractivity contribution in [3.05, 3.63) is 0 Å². The van der Waals surface area contributed by atoms with Crippen molar-refractivity contribution in [1.82, 2.24) is 0 Å². The van der Waals surface area contributed by atoms with Crippen molar-refractivity contribution < 1.29 is 28.7 Å². The molecule has 3 unspecified atom stereocenters. The molecule has 6 heteroatoms. The average molecular weight is 224 g/mol. The molecule has 2 bridgehead atoms. The Kier molecular flexibility index (Phi) is 1.72. The molecule has 84 valence electrons. The number of esters is 4. The van der Waals surface area contributed by atoms with Crippen molar-refractivity contribution in [1.29, 1.82) is 0 Å². The fourth-order valence-electron chi connectivity index (χ4n) is 2.93. The Balaban J connectivity index is 2.02. The van der Waals surface area contributed by atoms with Crippen LogP contribution in [0.25, 0.3) is 0 Å². The molecule has 0 radical (unpaired) electrons. The zero-order chi connectivity index (χ0) is 11.4. The van der Waals surface area contributed by atoms with E-state index < -0.39 is 47.5 Å². The van der Waals surface area contributed by atoms with E-state index in [1.807, 2.05) is 0 Å². The topological polar surface area (TPSA) is 86.7 Å². The summed E-state index contributed by atoms with van der Waals surface area (Å²) in [7, 11) is 0. The predicted octanol–water partition coefficient (Wildman–Crippen LogP) is -0.588. The fraction of sp³-hybridized carbons (Fsp3) is 0.600. The summed E-state index contributed by atoms with van der Waals surface area (Å²) in [4.78, 5) is 45.5. The van der Waals surface area contributed by atoms with Crippen LogP contribution in [-0.4, -0.2) is 23.9 Å². The lowest BCUT2D eigenvalue weighted by molar-refractivity contribution is -0.174. The van der Waals surface area contributed by atoms with E-state index in [2.05, 4.69) is 9.47 Å². The van der Waals surface area contributed by atoms with Gasteiger partial charge in [-0.05, 0) is 12.3 Å². The molecular formula is C10H8O6. The number of rotatable bonds is 0. The summed E-state index contributed by atoms with van der Waals surface area (Å²) >= 11 is 0. The first-order valence-corrected chi connectivity index (χ1v) is 5.08. The van der Waals surface area contributed by atoms with Crippen molar-refractivity contribution in [2.75, 3.05) is 0 Å². The molecule has 0 N–H and O–H groups in total. The molecule has 6 nitrogen and oxygen atoms in total. The molecule has 2 saturated heterocycles. The Morgan fingerprint density at radius 2 is 1.56 bits per heavy atom. The lowest BCUT2D eigenvalue weighted by Gasteiger charge is -2.24. The van der Waals surface area contributed by atoms with Gasteiger partial charge in [0.05, 0.1) is 24.2 Å². The van der Waals surface area contributed by atoms with Crippen LogP contribution in [0.5, 0.6) is 0 Å². The molecule has 0 amide bonds. The lowest BCUT2D eigenvalue weighted by atomic mass is 9.83. The van der Waals surface area contributed by atoms with E-state index in [4.69, 9.17) is 0 Å². The SMILES string of the molecule is O=C1CC2C(C(=O)O1)C1C[C@@H]2C(=O)OC1=O. The second-order valence-electron chi connectivity index (χ2n) is 4.38. The molecule has 2 heterocycles. The summed E-state index contributed by atoms with van der Waals surface area (Å²) in [5.41, 5.74) is 0. The molecular weight excluding hydrogens is 216 g/mol. The molecule has 0 spiro atoms. The average Bonchev–Trinajstić information content (AvgIpc) is 2.52. The molecule has 4 atom stereocenters. The quantitative estimate of drug-likeness (QED) is 0.404. The van der Waals surface area contributed by atoms with Gasteiger partial charge in [-0.1, -0.05) is 0 Å². The summed E-state index contributed by atoms with van der Waals surface area (Å²) < 4.78 is 9.05. The van der Waals surface area contributed by atoms with Crippen molar-refractivity contribution in [3.8, 4) is 0 Å². The van der Waals surface area contributed by atoms with Gasteiger partial charge in [-0.25, -0.2) is 0 Å². The van der Waals surface area contributed by atoms with E-state index in [9.17, 15) is 19.2 Å². The molecule has 16 heavy (non-hydrogen) atoms. The second kappa shape index (κ2) is 2.90. The van der Waals surface area contributed by atoms with Gasteiger partial charge in [-0.2, -0.15) is 0 Å². The fourth-order valence-corrected chi connectivity index (χ4v) is 2.93. The van der Waals surface area contributed by atoms with Crippen LogP contribution >= 0.6 is 0 Å². The molecule has 0 aromatic rings. The van der Waals surface area contributed by atoms with Crippen LogP contribution in [0.2, 0.25) is 0 Å². The minimum atomic E-state index is -0.694. The van der Waals surface area contributed by atoms with E-state index in [0.29, 0.717) is 6.42 Å². The van der Waals surface area contributed by atoms with Crippen LogP contribution in [0.3, 0.4) is 0 Å². The minimum absolute atomic E-state index is 0.0138. The second-order valence-corrected chi connectivity index (χ2v) is 4.38. The monoisotopic (exact) mass is 224 g/mol. The van der Waals surface area contributed by atoms with Gasteiger partial charge >= 0.3 is 23.9 Å². The highest BCUT2D eigenvalue weighted by atomic mass is 16.6. The third-order valence-electron chi connectivity index (χ3n) is 3.62. The van der Waals surface area contributed by atoms with Gasteiger partial charge in [0.25, 0.3) is 0 Å². The van der Waals surface area contributed by atoms with E-state index in [0.717, 1.165) is 0 Å². The van der Waals surface area contributed by atoms with Crippen LogP contribution in [0.15, 0.2) is 0 Å². The van der Waals surface area contributed by atoms with Crippen LogP contribution < -0.4 is 0 Å². The van der Waals surface area contributed by atoms with Gasteiger partial charge in [0.1, 0.15) is 0 Å². The molecule has 3 aliphatic rings. The first kappa shape index (κ1) is 9.50. The lowest BCUT2D eigenvalue weighted by Crippen LogP contribution is -2.37. The molecule has 3 fully saturated rings. The highest BCUT2D eigenvalue weighted by Crippen LogP contribution is 2.49. The maximum Gasteiger partial charge on any atom is 0.317 e. The van der Waals surface area contributed by atoms with Crippen molar-refractivity contribution in [2.45, 2.75) is 12.8 Å². The van der Waals surface area contributed by atoms with Crippen molar-refractivity contribution >= 4 is 23.9 Å². The Bertz CT molecular complexity index is 425. The predicted molar refractivity (Wildman–Crippen MR) is 45.4 cm³/mol. The van der Waals surface area contributed by atoms with Crippen molar-refractivity contribution in [3.63, 3.8) is 0 Å². The largest absolute Gasteiger partial charge is 0.393 e. The number of carbonyl (C=O) groups is 4. The maximum atomic E-state index is 11.5. The van der Waals surface area contributed by atoms with E-state index in [1.165, 1.54) is 0 Å². The van der Waals surface area contributed by atoms with Crippen LogP contribution in [0, 0.1) is 23.7 Å². The summed E-state index contributed by atoms with van der Waals surface area (Å²) in [5, 5.41) is 0. The van der Waals surface area contributed by atoms with Gasteiger partial charge in [-0.3, -0.25) is 19.2 Å². The van der Waals surface area contributed by atoms with Gasteiger partial charge < -0.3 is 9.47 Å². The van der Waals surface area contributed by atoms with E-state index >= 15 is 0 Å². The van der Waals surface area contributed by atoms with Crippen LogP contribution in [0.1, 0.15) is 12.8 Å². The standard InChI is InChI=1S/C10H8O6/c11-6-2-3-4-1-5(7(3)10(14)15-6)9(13)16-8(4)12/h3-5,7H,1-2H2/t3?,4-,5?,7?/m0/s1. The summed E-state index contributed by atoms with van der Waals surface area (Å²) in [6, 6.07) is 0. The molecule has 2 aliphatic heterocycles. The number of cyclic esters (lactones) is 4. The first-order valence-electron chi connectivity index (χ1n) is 5.08. The van der Waals surface area contributed by atoms with Gasteiger partial charge in [-0.15, -0.1) is 0 Å². The molecule has 1 aliphatic carbocycles. The smallest absolute Gasteiger partial charge is 0.317 e. The van der Waals surface area contributed by atoms with Crippen LogP contribution in [-0.2, 0) is 28.7 Å². The Morgan fingerprint density at radius 3 is 2.31 bits per heavy atom. The molecule has 0 aromatic heterocycles. The molecule has 0 aromatic carbocycles. The summed E-state index contributed by atoms with van der Waals surface area (Å²) in [6.07, 6.45) is 0.315. The highest BCUT2D eigenvalue weighted by Gasteiger charge is 2.60. The van der Waals surface area contributed by atoms with Crippen LogP contribution in [0.4, 0.5) is 0 Å². The number of ether oxygens (including phenoxy) is 2. The van der Waals surface area contributed by atoms with Gasteiger partial charge in [0, 0.05) is 0 Å². The number of hydrogen-bond donors (Lipinski definition) is 0. The minimum Gasteiger partial charge on any atom is -0.393 e. The van der Waals surface area contributed by atoms with E-state index in [-0.39, 0.29) is 6.42 Å². The Hall–Kier alpha value is -1.72. The molecule has 3 rings (SSSR count). The van der Waals surface area contributed by atoms with Gasteiger partial charge in [0.15, 0.2) is 0 Å². The third-order valence-corrected chi connectivity index (χ3v) is 3.62. The third kappa shape index (κ3) is 1.07. The summed E-state index contributed by atoms with van der Waals surface area (Å²) in [6.45, 7) is 0. The normalized spacial score (nSPS) is 41.5. The zero-order valence-electron chi connectivity index (χ0n) is 8.17. The number of hydrogen-bond acceptors (Lipinski definition) is 6. The molecule has 1 saturated carbocycles.